The molecule has 0 bridgehead atoms. The number of hydrogen-bond acceptors (Lipinski definition) is 3. The van der Waals surface area contributed by atoms with Gasteiger partial charge in [0.15, 0.2) is 5.17 Å². The third-order valence-electron chi connectivity index (χ3n) is 4.99. The Morgan fingerprint density at radius 1 is 1.28 bits per heavy atom. The second kappa shape index (κ2) is 8.95. The Hall–Kier alpha value is -1.20. The van der Waals surface area contributed by atoms with Crippen LogP contribution in [0, 0.1) is 0 Å². The van der Waals surface area contributed by atoms with E-state index in [1.54, 1.807) is 18.7 Å². The minimum absolute atomic E-state index is 0. The molecule has 25 heavy (non-hydrogen) atoms. The standard InChI is InChI=1S/C19H27N3OS.ClH/c1-4-15-9-11-17(12-10-15)22(14(2)23)18-13-24-19(21(18)3)20-16-7-5-6-8-16;/h9-12,16,18H,4-8,13H2,1-3H3;1H. The first kappa shape index (κ1) is 20.1. The molecule has 138 valence electrons. The molecule has 2 fully saturated rings. The molecule has 1 aromatic carbocycles. The molecule has 0 spiro atoms. The van der Waals surface area contributed by atoms with Crippen LogP contribution < -0.4 is 4.90 Å². The molecule has 0 N–H and O–H groups in total. The van der Waals surface area contributed by atoms with Crippen molar-refractivity contribution in [3.8, 4) is 0 Å². The smallest absolute Gasteiger partial charge is 0.225 e. The Labute approximate surface area is 161 Å². The van der Waals surface area contributed by atoms with Gasteiger partial charge in [0.05, 0.1) is 6.04 Å². The van der Waals surface area contributed by atoms with Crippen LogP contribution in [0.1, 0.15) is 45.1 Å². The summed E-state index contributed by atoms with van der Waals surface area (Å²) in [5.41, 5.74) is 2.26. The van der Waals surface area contributed by atoms with Crippen molar-refractivity contribution < 1.29 is 4.79 Å². The van der Waals surface area contributed by atoms with Crippen LogP contribution in [-0.4, -0.2) is 41.0 Å². The summed E-state index contributed by atoms with van der Waals surface area (Å²) in [5, 5.41) is 1.09. The highest BCUT2D eigenvalue weighted by Crippen LogP contribution is 2.31. The van der Waals surface area contributed by atoms with Gasteiger partial charge in [-0.1, -0.05) is 43.7 Å². The molecule has 0 aromatic heterocycles. The van der Waals surface area contributed by atoms with E-state index < -0.39 is 0 Å². The topological polar surface area (TPSA) is 35.9 Å². The van der Waals surface area contributed by atoms with Gasteiger partial charge < -0.3 is 4.90 Å². The Kier molecular flexibility index (Phi) is 7.20. The number of anilines is 1. The lowest BCUT2D eigenvalue weighted by Gasteiger charge is -2.33. The SMILES string of the molecule is CCc1ccc(N(C(C)=O)C2CSC(=NC3CCCC3)N2C)cc1.Cl. The monoisotopic (exact) mass is 381 g/mol. The molecule has 3 rings (SSSR count). The average Bonchev–Trinajstić information content (AvgIpc) is 3.21. The summed E-state index contributed by atoms with van der Waals surface area (Å²) in [7, 11) is 2.06. The molecule has 1 saturated heterocycles. The lowest BCUT2D eigenvalue weighted by molar-refractivity contribution is -0.117. The Morgan fingerprint density at radius 2 is 1.92 bits per heavy atom. The molecule has 4 nitrogen and oxygen atoms in total. The van der Waals surface area contributed by atoms with Gasteiger partial charge in [-0.15, -0.1) is 12.4 Å². The molecule has 1 saturated carbocycles. The predicted molar refractivity (Wildman–Crippen MR) is 110 cm³/mol. The number of rotatable bonds is 4. The Morgan fingerprint density at radius 3 is 2.48 bits per heavy atom. The molecule has 1 aromatic rings. The molecule has 2 aliphatic rings. The molecule has 0 radical (unpaired) electrons. The highest BCUT2D eigenvalue weighted by atomic mass is 35.5. The van der Waals surface area contributed by atoms with Crippen LogP contribution >= 0.6 is 24.2 Å². The van der Waals surface area contributed by atoms with Crippen LogP contribution in [0.15, 0.2) is 29.3 Å². The van der Waals surface area contributed by atoms with Gasteiger partial charge in [-0.05, 0) is 37.0 Å². The molecule has 1 heterocycles. The summed E-state index contributed by atoms with van der Waals surface area (Å²) in [6.45, 7) is 3.79. The lowest BCUT2D eigenvalue weighted by atomic mass is 10.1. The quantitative estimate of drug-likeness (QED) is 0.778. The first-order valence-electron chi connectivity index (χ1n) is 8.92. The van der Waals surface area contributed by atoms with E-state index in [1.165, 1.54) is 31.2 Å². The zero-order valence-electron chi connectivity index (χ0n) is 15.3. The minimum Gasteiger partial charge on any atom is -0.333 e. The molecule has 1 unspecified atom stereocenters. The van der Waals surface area contributed by atoms with Crippen molar-refractivity contribution in [2.45, 2.75) is 58.2 Å². The highest BCUT2D eigenvalue weighted by molar-refractivity contribution is 8.14. The van der Waals surface area contributed by atoms with Gasteiger partial charge in [0.25, 0.3) is 0 Å². The fourth-order valence-electron chi connectivity index (χ4n) is 3.51. The van der Waals surface area contributed by atoms with Crippen molar-refractivity contribution >= 4 is 40.9 Å². The van der Waals surface area contributed by atoms with Crippen molar-refractivity contribution in [3.63, 3.8) is 0 Å². The third kappa shape index (κ3) is 4.50. The number of hydrogen-bond donors (Lipinski definition) is 0. The summed E-state index contributed by atoms with van der Waals surface area (Å²) < 4.78 is 0. The second-order valence-corrected chi connectivity index (χ2v) is 7.65. The maximum Gasteiger partial charge on any atom is 0.225 e. The Bertz CT molecular complexity index is 614. The van der Waals surface area contributed by atoms with Gasteiger partial charge in [-0.2, -0.15) is 0 Å². The predicted octanol–water partition coefficient (Wildman–Crippen LogP) is 4.33. The van der Waals surface area contributed by atoms with Crippen molar-refractivity contribution in [1.82, 2.24) is 4.90 Å². The second-order valence-electron chi connectivity index (χ2n) is 6.66. The van der Waals surface area contributed by atoms with E-state index >= 15 is 0 Å². The number of amidine groups is 1. The summed E-state index contributed by atoms with van der Waals surface area (Å²) in [6.07, 6.45) is 6.05. The summed E-state index contributed by atoms with van der Waals surface area (Å²) in [6, 6.07) is 8.82. The molecule has 1 aliphatic carbocycles. The third-order valence-corrected chi connectivity index (χ3v) is 6.10. The van der Waals surface area contributed by atoms with Crippen LogP contribution in [0.25, 0.3) is 0 Å². The summed E-state index contributed by atoms with van der Waals surface area (Å²) in [5.74, 6) is 0.954. The number of aliphatic imine (C=N–C) groups is 1. The number of nitrogens with zero attached hydrogens (tertiary/aromatic N) is 3. The Balaban J connectivity index is 0.00000225. The van der Waals surface area contributed by atoms with Gasteiger partial charge in [0.1, 0.15) is 6.17 Å². The molecule has 6 heteroatoms. The van der Waals surface area contributed by atoms with E-state index in [0.29, 0.717) is 6.04 Å². The van der Waals surface area contributed by atoms with Crippen LogP contribution in [0.4, 0.5) is 5.69 Å². The van der Waals surface area contributed by atoms with Crippen molar-refractivity contribution in [1.29, 1.82) is 0 Å². The fourth-order valence-corrected chi connectivity index (χ4v) is 4.73. The molecule has 1 aliphatic heterocycles. The number of amides is 1. The first-order valence-corrected chi connectivity index (χ1v) is 9.91. The van der Waals surface area contributed by atoms with E-state index in [1.807, 2.05) is 4.90 Å². The average molecular weight is 382 g/mol. The van der Waals surface area contributed by atoms with Crippen molar-refractivity contribution in [2.75, 3.05) is 17.7 Å². The largest absolute Gasteiger partial charge is 0.333 e. The normalized spacial score (nSPS) is 22.3. The molecule has 1 atom stereocenters. The minimum atomic E-state index is 0. The van der Waals surface area contributed by atoms with E-state index in [9.17, 15) is 4.79 Å². The zero-order valence-corrected chi connectivity index (χ0v) is 16.9. The van der Waals surface area contributed by atoms with Crippen LogP contribution in [0.5, 0.6) is 0 Å². The summed E-state index contributed by atoms with van der Waals surface area (Å²) in [4.78, 5) is 21.4. The van der Waals surface area contributed by atoms with Crippen LogP contribution in [0.2, 0.25) is 0 Å². The zero-order chi connectivity index (χ0) is 17.1. The van der Waals surface area contributed by atoms with Gasteiger partial charge in [-0.3, -0.25) is 14.7 Å². The van der Waals surface area contributed by atoms with Gasteiger partial charge in [0.2, 0.25) is 5.91 Å². The van der Waals surface area contributed by atoms with Crippen LogP contribution in [0.3, 0.4) is 0 Å². The summed E-state index contributed by atoms with van der Waals surface area (Å²) >= 11 is 1.78. The number of benzene rings is 1. The maximum atomic E-state index is 12.3. The lowest BCUT2D eigenvalue weighted by Crippen LogP contribution is -2.48. The molecular weight excluding hydrogens is 354 g/mol. The van der Waals surface area contributed by atoms with Crippen LogP contribution in [-0.2, 0) is 11.2 Å². The van der Waals surface area contributed by atoms with E-state index in [2.05, 4.69) is 43.1 Å². The molecular formula is C19H28ClN3OS. The van der Waals surface area contributed by atoms with E-state index in [-0.39, 0.29) is 24.5 Å². The maximum absolute atomic E-state index is 12.3. The van der Waals surface area contributed by atoms with Crippen molar-refractivity contribution in [3.05, 3.63) is 29.8 Å². The van der Waals surface area contributed by atoms with Gasteiger partial charge >= 0.3 is 0 Å². The number of aryl methyl sites for hydroxylation is 1. The number of carbonyl (C=O) groups is 1. The highest BCUT2D eigenvalue weighted by Gasteiger charge is 2.35. The number of carbonyl (C=O) groups excluding carboxylic acids is 1. The first-order chi connectivity index (χ1) is 11.6. The molecule has 1 amide bonds. The van der Waals surface area contributed by atoms with Gasteiger partial charge in [0, 0.05) is 25.4 Å². The number of halogens is 1. The van der Waals surface area contributed by atoms with E-state index in [0.717, 1.165) is 23.0 Å². The van der Waals surface area contributed by atoms with Gasteiger partial charge in [-0.25, -0.2) is 0 Å². The number of thioether (sulfide) groups is 1. The van der Waals surface area contributed by atoms with Crippen molar-refractivity contribution in [2.24, 2.45) is 4.99 Å². The fraction of sp³-hybridized carbons (Fsp3) is 0.579. The van der Waals surface area contributed by atoms with E-state index in [4.69, 9.17) is 4.99 Å².